The summed E-state index contributed by atoms with van der Waals surface area (Å²) in [7, 11) is 0. The van der Waals surface area contributed by atoms with Crippen molar-refractivity contribution >= 4 is 34.1 Å². The predicted molar refractivity (Wildman–Crippen MR) is 135 cm³/mol. The summed E-state index contributed by atoms with van der Waals surface area (Å²) >= 11 is 12.3. The maximum Gasteiger partial charge on any atom is 0.276 e. The molecule has 0 saturated carbocycles. The van der Waals surface area contributed by atoms with E-state index in [2.05, 4.69) is 10.4 Å². The van der Waals surface area contributed by atoms with Crippen LogP contribution in [-0.2, 0) is 11.3 Å². The number of nitrogens with zero attached hydrogens (tertiary/aromatic N) is 2. The van der Waals surface area contributed by atoms with Gasteiger partial charge in [-0.15, -0.1) is 0 Å². The lowest BCUT2D eigenvalue weighted by Crippen LogP contribution is -2.44. The second kappa shape index (κ2) is 9.43. The van der Waals surface area contributed by atoms with Gasteiger partial charge in [0, 0.05) is 34.8 Å². The SMILES string of the molecule is CC(C1CNCCO1)n1[nH]c2cc(=O)n(Cc3ccc(Cl)cc3)c(-c3cccc(Cl)c3)c2c1=O. The van der Waals surface area contributed by atoms with Gasteiger partial charge in [0.05, 0.1) is 41.9 Å². The largest absolute Gasteiger partial charge is 0.373 e. The van der Waals surface area contributed by atoms with Crippen LogP contribution in [0.4, 0.5) is 0 Å². The summed E-state index contributed by atoms with van der Waals surface area (Å²) < 4.78 is 9.04. The number of nitrogens with one attached hydrogen (secondary N) is 2. The molecule has 2 unspecified atom stereocenters. The predicted octanol–water partition coefficient (Wildman–Crippen LogP) is 4.06. The number of ether oxygens (including phenoxy) is 1. The molecule has 2 aromatic carbocycles. The molecule has 2 N–H and O–H groups in total. The van der Waals surface area contributed by atoms with Crippen LogP contribution in [0, 0.1) is 0 Å². The molecule has 4 aromatic rings. The number of aromatic amines is 1. The van der Waals surface area contributed by atoms with Gasteiger partial charge in [0.2, 0.25) is 0 Å². The number of H-pyrrole nitrogens is 1. The van der Waals surface area contributed by atoms with Gasteiger partial charge in [0.15, 0.2) is 0 Å². The number of hydrogen-bond donors (Lipinski definition) is 2. The van der Waals surface area contributed by atoms with Gasteiger partial charge in [-0.2, -0.15) is 0 Å². The minimum atomic E-state index is -0.250. The highest BCUT2D eigenvalue weighted by molar-refractivity contribution is 6.31. The van der Waals surface area contributed by atoms with Crippen molar-refractivity contribution in [3.8, 4) is 11.3 Å². The summed E-state index contributed by atoms with van der Waals surface area (Å²) in [5, 5.41) is 8.03. The van der Waals surface area contributed by atoms with E-state index >= 15 is 0 Å². The van der Waals surface area contributed by atoms with Crippen LogP contribution in [0.5, 0.6) is 0 Å². The highest BCUT2D eigenvalue weighted by atomic mass is 35.5. The van der Waals surface area contributed by atoms with Gasteiger partial charge >= 0.3 is 0 Å². The number of halogens is 2. The van der Waals surface area contributed by atoms with Crippen molar-refractivity contribution in [3.05, 3.63) is 90.9 Å². The van der Waals surface area contributed by atoms with E-state index in [1.807, 2.05) is 31.2 Å². The van der Waals surface area contributed by atoms with Crippen molar-refractivity contribution in [3.63, 3.8) is 0 Å². The van der Waals surface area contributed by atoms with E-state index in [1.54, 1.807) is 33.5 Å². The lowest BCUT2D eigenvalue weighted by atomic mass is 10.1. The van der Waals surface area contributed by atoms with E-state index in [0.717, 1.165) is 12.1 Å². The molecule has 176 valence electrons. The topological polar surface area (TPSA) is 81.0 Å². The Morgan fingerprint density at radius 1 is 1.09 bits per heavy atom. The second-order valence-electron chi connectivity index (χ2n) is 8.48. The Morgan fingerprint density at radius 3 is 2.59 bits per heavy atom. The number of aromatic nitrogens is 3. The third-order valence-corrected chi connectivity index (χ3v) is 6.72. The standard InChI is InChI=1S/C25H24Cl2N4O3/c1-15(21-13-28-9-10-34-21)31-25(33)23-20(29-31)12-22(32)30(14-16-5-7-18(26)8-6-16)24(23)17-3-2-4-19(27)11-17/h2-8,11-12,15,21,28-29H,9-10,13-14H2,1H3. The average molecular weight is 499 g/mol. The van der Waals surface area contributed by atoms with Gasteiger partial charge in [0.25, 0.3) is 11.1 Å². The monoisotopic (exact) mass is 498 g/mol. The maximum absolute atomic E-state index is 13.7. The summed E-state index contributed by atoms with van der Waals surface area (Å²) in [6.07, 6.45) is -0.165. The Bertz CT molecular complexity index is 1450. The Hall–Kier alpha value is -2.84. The highest BCUT2D eigenvalue weighted by Crippen LogP contribution is 2.28. The molecule has 3 heterocycles. The molecule has 0 radical (unpaired) electrons. The van der Waals surface area contributed by atoms with Crippen LogP contribution in [0.3, 0.4) is 0 Å². The quantitative estimate of drug-likeness (QED) is 0.434. The molecule has 0 bridgehead atoms. The van der Waals surface area contributed by atoms with Crippen molar-refractivity contribution in [1.82, 2.24) is 19.7 Å². The van der Waals surface area contributed by atoms with Crippen LogP contribution in [0.25, 0.3) is 22.2 Å². The fourth-order valence-corrected chi connectivity index (χ4v) is 4.78. The summed E-state index contributed by atoms with van der Waals surface area (Å²) in [6.45, 7) is 4.24. The summed E-state index contributed by atoms with van der Waals surface area (Å²) in [4.78, 5) is 27.1. The number of morpholine rings is 1. The van der Waals surface area contributed by atoms with E-state index in [4.69, 9.17) is 27.9 Å². The molecular weight excluding hydrogens is 475 g/mol. The van der Waals surface area contributed by atoms with Gasteiger partial charge in [0.1, 0.15) is 0 Å². The first-order valence-corrected chi connectivity index (χ1v) is 11.9. The van der Waals surface area contributed by atoms with Gasteiger partial charge < -0.3 is 14.6 Å². The number of pyridine rings is 1. The third kappa shape index (κ3) is 4.32. The van der Waals surface area contributed by atoms with E-state index in [-0.39, 0.29) is 29.8 Å². The third-order valence-electron chi connectivity index (χ3n) is 6.24. The highest BCUT2D eigenvalue weighted by Gasteiger charge is 2.26. The molecule has 9 heteroatoms. The lowest BCUT2D eigenvalue weighted by Gasteiger charge is -2.28. The first-order valence-electron chi connectivity index (χ1n) is 11.1. The molecule has 1 saturated heterocycles. The number of benzene rings is 2. The Morgan fingerprint density at radius 2 is 1.88 bits per heavy atom. The molecule has 0 spiro atoms. The molecule has 2 atom stereocenters. The fraction of sp³-hybridized carbons (Fsp3) is 0.280. The fourth-order valence-electron chi connectivity index (χ4n) is 4.47. The van der Waals surface area contributed by atoms with Crippen LogP contribution in [-0.4, -0.2) is 40.1 Å². The van der Waals surface area contributed by atoms with Gasteiger partial charge in [-0.3, -0.25) is 14.7 Å². The van der Waals surface area contributed by atoms with Crippen LogP contribution in [0.15, 0.2) is 64.2 Å². The molecule has 5 rings (SSSR count). The normalized spacial score (nSPS) is 17.2. The van der Waals surface area contributed by atoms with Crippen LogP contribution in [0.2, 0.25) is 10.0 Å². The molecule has 1 aliphatic rings. The van der Waals surface area contributed by atoms with Gasteiger partial charge in [-0.25, -0.2) is 4.68 Å². The molecule has 0 amide bonds. The zero-order valence-corrected chi connectivity index (χ0v) is 20.1. The molecule has 1 fully saturated rings. The van der Waals surface area contributed by atoms with Crippen molar-refractivity contribution < 1.29 is 4.74 Å². The van der Waals surface area contributed by atoms with Crippen LogP contribution >= 0.6 is 23.2 Å². The lowest BCUT2D eigenvalue weighted by molar-refractivity contribution is -0.00376. The van der Waals surface area contributed by atoms with Crippen molar-refractivity contribution in [2.45, 2.75) is 25.6 Å². The smallest absolute Gasteiger partial charge is 0.276 e. The van der Waals surface area contributed by atoms with Gasteiger partial charge in [-0.1, -0.05) is 47.5 Å². The van der Waals surface area contributed by atoms with E-state index in [1.165, 1.54) is 6.07 Å². The summed E-state index contributed by atoms with van der Waals surface area (Å²) in [5.74, 6) is 0. The minimum Gasteiger partial charge on any atom is -0.373 e. The molecule has 1 aliphatic heterocycles. The first kappa shape index (κ1) is 22.9. The Labute approximate surface area is 205 Å². The number of rotatable bonds is 5. The van der Waals surface area contributed by atoms with E-state index < -0.39 is 0 Å². The average Bonchev–Trinajstić information content (AvgIpc) is 3.16. The van der Waals surface area contributed by atoms with Crippen molar-refractivity contribution in [2.24, 2.45) is 0 Å². The zero-order chi connectivity index (χ0) is 23.8. The molecule has 34 heavy (non-hydrogen) atoms. The summed E-state index contributed by atoms with van der Waals surface area (Å²) in [6, 6.07) is 15.7. The zero-order valence-electron chi connectivity index (χ0n) is 18.6. The van der Waals surface area contributed by atoms with Crippen LogP contribution < -0.4 is 16.4 Å². The Balaban J connectivity index is 1.72. The Kier molecular flexibility index (Phi) is 6.36. The van der Waals surface area contributed by atoms with Gasteiger partial charge in [-0.05, 0) is 36.8 Å². The number of fused-ring (bicyclic) bond motifs is 1. The molecule has 2 aromatic heterocycles. The van der Waals surface area contributed by atoms with E-state index in [0.29, 0.717) is 45.4 Å². The van der Waals surface area contributed by atoms with Crippen molar-refractivity contribution in [2.75, 3.05) is 19.7 Å². The maximum atomic E-state index is 13.7. The second-order valence-corrected chi connectivity index (χ2v) is 9.36. The molecule has 7 nitrogen and oxygen atoms in total. The minimum absolute atomic E-state index is 0.165. The number of hydrogen-bond acceptors (Lipinski definition) is 4. The summed E-state index contributed by atoms with van der Waals surface area (Å²) in [5.41, 5.74) is 2.14. The van der Waals surface area contributed by atoms with Crippen molar-refractivity contribution in [1.29, 1.82) is 0 Å². The first-order chi connectivity index (χ1) is 16.4. The molecule has 0 aliphatic carbocycles. The van der Waals surface area contributed by atoms with E-state index in [9.17, 15) is 9.59 Å². The molecular formula is C25H24Cl2N4O3. The van der Waals surface area contributed by atoms with Crippen LogP contribution in [0.1, 0.15) is 18.5 Å².